The molecule has 3 N–H and O–H groups in total. The van der Waals surface area contributed by atoms with E-state index in [1.165, 1.54) is 0 Å². The fourth-order valence-corrected chi connectivity index (χ4v) is 2.37. The number of rotatable bonds is 6. The Bertz CT molecular complexity index is 870. The number of benzene rings is 2. The molecule has 27 heavy (non-hydrogen) atoms. The minimum atomic E-state index is -1.07. The van der Waals surface area contributed by atoms with Crippen LogP contribution in [-0.2, 0) is 14.4 Å². The van der Waals surface area contributed by atoms with Crippen molar-refractivity contribution in [3.63, 3.8) is 0 Å². The topological polar surface area (TPSA) is 105 Å². The summed E-state index contributed by atoms with van der Waals surface area (Å²) in [6.07, 6.45) is 0. The fraction of sp³-hybridized carbons (Fsp3) is 0.350. The molecule has 144 valence electrons. The zero-order chi connectivity index (χ0) is 20.2. The van der Waals surface area contributed by atoms with Crippen LogP contribution in [0.4, 0.5) is 5.69 Å². The van der Waals surface area contributed by atoms with Crippen LogP contribution in [0, 0.1) is 5.41 Å². The maximum absolute atomic E-state index is 12.5. The molecule has 0 aliphatic carbocycles. The number of carboxylic acids is 1. The third-order valence-corrected chi connectivity index (χ3v) is 3.92. The average molecular weight is 372 g/mol. The number of ether oxygens (including phenoxy) is 1. The number of carboxylic acid groups (broad SMARTS) is 1. The molecule has 7 heteroatoms. The third kappa shape index (κ3) is 5.20. The molecule has 0 aromatic heterocycles. The minimum Gasteiger partial charge on any atom is -0.481 e. The Morgan fingerprint density at radius 1 is 1.07 bits per heavy atom. The molecule has 2 rings (SSSR count). The predicted molar refractivity (Wildman–Crippen MR) is 103 cm³/mol. The molecule has 0 spiro atoms. The van der Waals surface area contributed by atoms with E-state index in [0.717, 1.165) is 0 Å². The summed E-state index contributed by atoms with van der Waals surface area (Å²) in [6, 6.07) is 9.75. The normalized spacial score (nSPS) is 12.3. The number of nitrogens with one attached hydrogen (secondary N) is 2. The second kappa shape index (κ2) is 8.07. The van der Waals surface area contributed by atoms with E-state index in [1.54, 1.807) is 58.0 Å². The quantitative estimate of drug-likeness (QED) is 0.723. The van der Waals surface area contributed by atoms with E-state index in [4.69, 9.17) is 9.84 Å². The molecule has 2 aromatic carbocycles. The van der Waals surface area contributed by atoms with Crippen LogP contribution in [0.25, 0.3) is 10.8 Å². The zero-order valence-corrected chi connectivity index (χ0v) is 15.8. The Morgan fingerprint density at radius 3 is 2.30 bits per heavy atom. The van der Waals surface area contributed by atoms with Crippen molar-refractivity contribution in [2.24, 2.45) is 5.41 Å². The molecular weight excluding hydrogens is 348 g/mol. The van der Waals surface area contributed by atoms with Gasteiger partial charge in [0.1, 0.15) is 11.8 Å². The van der Waals surface area contributed by atoms with Crippen molar-refractivity contribution in [3.8, 4) is 5.75 Å². The number of carbonyl (C=O) groups is 3. The maximum atomic E-state index is 12.5. The van der Waals surface area contributed by atoms with E-state index in [2.05, 4.69) is 10.6 Å². The minimum absolute atomic E-state index is 0.215. The zero-order valence-electron chi connectivity index (χ0n) is 15.8. The third-order valence-electron chi connectivity index (χ3n) is 3.92. The summed E-state index contributed by atoms with van der Waals surface area (Å²) in [5.41, 5.74) is -0.0418. The fourth-order valence-electron chi connectivity index (χ4n) is 2.37. The van der Waals surface area contributed by atoms with E-state index in [1.807, 2.05) is 6.07 Å². The van der Waals surface area contributed by atoms with Crippen LogP contribution in [0.3, 0.4) is 0 Å². The first-order valence-corrected chi connectivity index (χ1v) is 8.58. The lowest BCUT2D eigenvalue weighted by molar-refractivity contribution is -0.139. The van der Waals surface area contributed by atoms with Gasteiger partial charge in [0.05, 0.1) is 0 Å². The van der Waals surface area contributed by atoms with Gasteiger partial charge in [-0.3, -0.25) is 9.59 Å². The molecule has 0 aliphatic heterocycles. The van der Waals surface area contributed by atoms with Crippen LogP contribution in [0.1, 0.15) is 27.7 Å². The van der Waals surface area contributed by atoms with Gasteiger partial charge in [-0.15, -0.1) is 0 Å². The SMILES string of the molecule is CC(NC(=O)C(C)(C)C)C(=O)Nc1ccc(OCC(=O)O)c2ccccc12. The van der Waals surface area contributed by atoms with Crippen LogP contribution < -0.4 is 15.4 Å². The second-order valence-corrected chi connectivity index (χ2v) is 7.27. The van der Waals surface area contributed by atoms with Gasteiger partial charge in [-0.1, -0.05) is 45.0 Å². The van der Waals surface area contributed by atoms with Crippen LogP contribution in [0.15, 0.2) is 36.4 Å². The van der Waals surface area contributed by atoms with Crippen molar-refractivity contribution in [1.29, 1.82) is 0 Å². The number of amides is 2. The molecule has 2 amide bonds. The Balaban J connectivity index is 2.21. The molecule has 7 nitrogen and oxygen atoms in total. The van der Waals surface area contributed by atoms with Crippen molar-refractivity contribution in [3.05, 3.63) is 36.4 Å². The van der Waals surface area contributed by atoms with Crippen LogP contribution in [-0.4, -0.2) is 35.5 Å². The molecule has 0 fully saturated rings. The van der Waals surface area contributed by atoms with Crippen LogP contribution in [0.2, 0.25) is 0 Å². The smallest absolute Gasteiger partial charge is 0.341 e. The van der Waals surface area contributed by atoms with Crippen molar-refractivity contribution >= 4 is 34.2 Å². The molecule has 0 radical (unpaired) electrons. The lowest BCUT2D eigenvalue weighted by atomic mass is 9.95. The molecule has 2 aromatic rings. The van der Waals surface area contributed by atoms with Crippen LogP contribution in [0.5, 0.6) is 5.75 Å². The van der Waals surface area contributed by atoms with Crippen molar-refractivity contribution in [2.45, 2.75) is 33.7 Å². The van der Waals surface area contributed by atoms with E-state index >= 15 is 0 Å². The summed E-state index contributed by atoms with van der Waals surface area (Å²) in [5.74, 6) is -1.22. The first-order chi connectivity index (χ1) is 12.6. The van der Waals surface area contributed by atoms with Gasteiger partial charge >= 0.3 is 5.97 Å². The molecule has 0 saturated heterocycles. The summed E-state index contributed by atoms with van der Waals surface area (Å²) in [7, 11) is 0. The largest absolute Gasteiger partial charge is 0.481 e. The van der Waals surface area contributed by atoms with E-state index < -0.39 is 24.0 Å². The van der Waals surface area contributed by atoms with Gasteiger partial charge < -0.3 is 20.5 Å². The Kier molecular flexibility index (Phi) is 6.05. The number of hydrogen-bond acceptors (Lipinski definition) is 4. The van der Waals surface area contributed by atoms with Gasteiger partial charge in [-0.2, -0.15) is 0 Å². The van der Waals surface area contributed by atoms with E-state index in [0.29, 0.717) is 22.2 Å². The highest BCUT2D eigenvalue weighted by Crippen LogP contribution is 2.31. The maximum Gasteiger partial charge on any atom is 0.341 e. The monoisotopic (exact) mass is 372 g/mol. The molecule has 0 bridgehead atoms. The van der Waals surface area contributed by atoms with E-state index in [-0.39, 0.29) is 11.8 Å². The summed E-state index contributed by atoms with van der Waals surface area (Å²) in [5, 5.41) is 15.7. The molecular formula is C20H24N2O5. The summed E-state index contributed by atoms with van der Waals surface area (Å²) >= 11 is 0. The summed E-state index contributed by atoms with van der Waals surface area (Å²) < 4.78 is 5.31. The number of hydrogen-bond donors (Lipinski definition) is 3. The Morgan fingerprint density at radius 2 is 1.70 bits per heavy atom. The van der Waals surface area contributed by atoms with Crippen molar-refractivity contribution < 1.29 is 24.2 Å². The van der Waals surface area contributed by atoms with E-state index in [9.17, 15) is 14.4 Å². The Hall–Kier alpha value is -3.09. The highest BCUT2D eigenvalue weighted by molar-refractivity contribution is 6.06. The van der Waals surface area contributed by atoms with Crippen molar-refractivity contribution in [1.82, 2.24) is 5.32 Å². The van der Waals surface area contributed by atoms with Gasteiger partial charge in [0, 0.05) is 21.9 Å². The number of aliphatic carboxylic acids is 1. The summed E-state index contributed by atoms with van der Waals surface area (Å²) in [4.78, 5) is 35.3. The second-order valence-electron chi connectivity index (χ2n) is 7.27. The van der Waals surface area contributed by atoms with Gasteiger partial charge in [-0.05, 0) is 19.1 Å². The van der Waals surface area contributed by atoms with Gasteiger partial charge in [0.2, 0.25) is 11.8 Å². The highest BCUT2D eigenvalue weighted by atomic mass is 16.5. The first kappa shape index (κ1) is 20.2. The van der Waals surface area contributed by atoms with Crippen LogP contribution >= 0.6 is 0 Å². The standard InChI is InChI=1S/C20H24N2O5/c1-12(21-19(26)20(2,3)4)18(25)22-15-9-10-16(27-11-17(23)24)14-8-6-5-7-13(14)15/h5-10,12H,11H2,1-4H3,(H,21,26)(H,22,25)(H,23,24). The molecule has 0 heterocycles. The number of anilines is 1. The summed E-state index contributed by atoms with van der Waals surface area (Å²) in [6.45, 7) is 6.49. The number of carbonyl (C=O) groups excluding carboxylic acids is 2. The number of fused-ring (bicyclic) bond motifs is 1. The first-order valence-electron chi connectivity index (χ1n) is 8.58. The molecule has 1 atom stereocenters. The predicted octanol–water partition coefficient (Wildman–Crippen LogP) is 2.79. The molecule has 0 saturated carbocycles. The molecule has 0 aliphatic rings. The van der Waals surface area contributed by atoms with Gasteiger partial charge in [0.15, 0.2) is 6.61 Å². The lowest BCUT2D eigenvalue weighted by Crippen LogP contribution is -2.46. The lowest BCUT2D eigenvalue weighted by Gasteiger charge is -2.22. The van der Waals surface area contributed by atoms with Gasteiger partial charge in [-0.25, -0.2) is 4.79 Å². The average Bonchev–Trinajstić information content (AvgIpc) is 2.59. The van der Waals surface area contributed by atoms with Crippen molar-refractivity contribution in [2.75, 3.05) is 11.9 Å². The Labute approximate surface area is 157 Å². The highest BCUT2D eigenvalue weighted by Gasteiger charge is 2.25. The molecule has 1 unspecified atom stereocenters. The van der Waals surface area contributed by atoms with Gasteiger partial charge in [0.25, 0.3) is 0 Å².